The van der Waals surface area contributed by atoms with Crippen LogP contribution in [0.1, 0.15) is 32.8 Å². The molecule has 40 heavy (non-hydrogen) atoms. The zero-order chi connectivity index (χ0) is 29.3. The fourth-order valence-corrected chi connectivity index (χ4v) is 5.94. The van der Waals surface area contributed by atoms with Crippen molar-refractivity contribution in [2.75, 3.05) is 24.0 Å². The smallest absolute Gasteiger partial charge is 0.264 e. The average molecular weight is 651 g/mol. The van der Waals surface area contributed by atoms with Gasteiger partial charge in [-0.3, -0.25) is 13.9 Å². The van der Waals surface area contributed by atoms with Crippen LogP contribution >= 0.6 is 27.5 Å². The number of halogens is 2. The Balaban J connectivity index is 2.02. The van der Waals surface area contributed by atoms with Gasteiger partial charge in [0.25, 0.3) is 10.0 Å². The normalized spacial score (nSPS) is 11.9. The molecule has 0 bridgehead atoms. The van der Waals surface area contributed by atoms with E-state index in [1.807, 2.05) is 38.1 Å². The number of ether oxygens (including phenoxy) is 1. The van der Waals surface area contributed by atoms with E-state index in [-0.39, 0.29) is 23.0 Å². The minimum atomic E-state index is -4.19. The van der Waals surface area contributed by atoms with Gasteiger partial charge in [0.2, 0.25) is 11.8 Å². The molecule has 3 aromatic carbocycles. The Bertz CT molecular complexity index is 1400. The third-order valence-electron chi connectivity index (χ3n) is 6.07. The van der Waals surface area contributed by atoms with Gasteiger partial charge >= 0.3 is 0 Å². The number of hydrogen-bond donors (Lipinski definition) is 1. The van der Waals surface area contributed by atoms with E-state index in [0.29, 0.717) is 23.9 Å². The maximum absolute atomic E-state index is 13.9. The molecule has 214 valence electrons. The van der Waals surface area contributed by atoms with Gasteiger partial charge < -0.3 is 15.0 Å². The summed E-state index contributed by atoms with van der Waals surface area (Å²) in [6.07, 6.45) is 0.739. The Hall–Kier alpha value is -3.08. The van der Waals surface area contributed by atoms with Gasteiger partial charge in [0.1, 0.15) is 18.3 Å². The number of carbonyl (C=O) groups excluding carboxylic acids is 2. The molecule has 3 rings (SSSR count). The van der Waals surface area contributed by atoms with Gasteiger partial charge in [0.15, 0.2) is 0 Å². The van der Waals surface area contributed by atoms with Gasteiger partial charge in [-0.15, -0.1) is 0 Å². The highest BCUT2D eigenvalue weighted by molar-refractivity contribution is 9.10. The molecule has 0 saturated carbocycles. The fourth-order valence-electron chi connectivity index (χ4n) is 3.95. The first-order chi connectivity index (χ1) is 19.1. The number of nitrogens with one attached hydrogen (secondary N) is 1. The molecule has 0 aromatic heterocycles. The Morgan fingerprint density at radius 2 is 1.70 bits per heavy atom. The lowest BCUT2D eigenvalue weighted by Gasteiger charge is -2.32. The number of benzene rings is 3. The molecule has 1 unspecified atom stereocenters. The zero-order valence-corrected chi connectivity index (χ0v) is 25.8. The molecule has 0 aliphatic rings. The summed E-state index contributed by atoms with van der Waals surface area (Å²) in [5, 5.41) is 3.21. The summed E-state index contributed by atoms with van der Waals surface area (Å²) >= 11 is 9.44. The number of nitrogens with zero attached hydrogens (tertiary/aromatic N) is 2. The summed E-state index contributed by atoms with van der Waals surface area (Å²) in [6, 6.07) is 18.7. The lowest BCUT2D eigenvalue weighted by molar-refractivity contribution is -0.139. The van der Waals surface area contributed by atoms with Crippen molar-refractivity contribution in [1.29, 1.82) is 0 Å². The van der Waals surface area contributed by atoms with Gasteiger partial charge in [0.05, 0.1) is 17.2 Å². The number of amides is 2. The molecular weight excluding hydrogens is 618 g/mol. The molecule has 2 amide bonds. The van der Waals surface area contributed by atoms with Crippen molar-refractivity contribution in [2.45, 2.75) is 44.7 Å². The number of anilines is 1. The van der Waals surface area contributed by atoms with E-state index >= 15 is 0 Å². The van der Waals surface area contributed by atoms with E-state index in [2.05, 4.69) is 21.2 Å². The van der Waals surface area contributed by atoms with Crippen molar-refractivity contribution in [2.24, 2.45) is 0 Å². The molecule has 11 heteroatoms. The van der Waals surface area contributed by atoms with Crippen LogP contribution in [0.15, 0.2) is 82.2 Å². The average Bonchev–Trinajstić information content (AvgIpc) is 2.93. The topological polar surface area (TPSA) is 96.0 Å². The third-order valence-corrected chi connectivity index (χ3v) is 8.61. The summed E-state index contributed by atoms with van der Waals surface area (Å²) in [5.41, 5.74) is 1.06. The molecule has 1 atom stereocenters. The van der Waals surface area contributed by atoms with Crippen molar-refractivity contribution >= 4 is 55.1 Å². The second kappa shape index (κ2) is 14.5. The van der Waals surface area contributed by atoms with Gasteiger partial charge in [0, 0.05) is 22.6 Å². The first-order valence-corrected chi connectivity index (χ1v) is 15.5. The maximum atomic E-state index is 13.9. The molecule has 0 saturated heterocycles. The molecule has 0 aliphatic heterocycles. The van der Waals surface area contributed by atoms with Crippen LogP contribution in [0.3, 0.4) is 0 Å². The highest BCUT2D eigenvalue weighted by Gasteiger charge is 2.32. The Morgan fingerprint density at radius 3 is 2.30 bits per heavy atom. The number of hydrogen-bond acceptors (Lipinski definition) is 5. The molecule has 0 heterocycles. The van der Waals surface area contributed by atoms with E-state index in [9.17, 15) is 18.0 Å². The number of carbonyl (C=O) groups is 2. The summed E-state index contributed by atoms with van der Waals surface area (Å²) in [7, 11) is -4.19. The lowest BCUT2D eigenvalue weighted by atomic mass is 10.1. The molecule has 0 radical (unpaired) electrons. The van der Waals surface area contributed by atoms with Crippen LogP contribution in [-0.2, 0) is 26.2 Å². The Labute approximate surface area is 249 Å². The summed E-state index contributed by atoms with van der Waals surface area (Å²) in [5.74, 6) is -0.289. The van der Waals surface area contributed by atoms with Crippen molar-refractivity contribution in [3.63, 3.8) is 0 Å². The fraction of sp³-hybridized carbons (Fsp3) is 0.310. The molecule has 0 aliphatic carbocycles. The second-order valence-corrected chi connectivity index (χ2v) is 12.2. The predicted molar refractivity (Wildman–Crippen MR) is 161 cm³/mol. The van der Waals surface area contributed by atoms with Gasteiger partial charge in [-0.1, -0.05) is 46.6 Å². The maximum Gasteiger partial charge on any atom is 0.264 e. The minimum Gasteiger partial charge on any atom is -0.494 e. The summed E-state index contributed by atoms with van der Waals surface area (Å²) in [6.45, 7) is 5.91. The number of rotatable bonds is 13. The SMILES string of the molecule is CCCNC(=O)C(C)N(Cc1cccc(Br)c1)C(=O)CN(c1ccc(OCC)cc1)S(=O)(=O)c1ccc(Cl)cc1. The molecule has 1 N–H and O–H groups in total. The Morgan fingerprint density at radius 1 is 1.02 bits per heavy atom. The van der Waals surface area contributed by atoms with E-state index in [4.69, 9.17) is 16.3 Å². The second-order valence-electron chi connectivity index (χ2n) is 9.01. The van der Waals surface area contributed by atoms with Crippen LogP contribution in [-0.4, -0.2) is 50.9 Å². The molecular formula is C29H33BrClN3O5S. The van der Waals surface area contributed by atoms with Crippen LogP contribution < -0.4 is 14.4 Å². The highest BCUT2D eigenvalue weighted by Crippen LogP contribution is 2.27. The minimum absolute atomic E-state index is 0.0224. The van der Waals surface area contributed by atoms with Crippen LogP contribution in [0, 0.1) is 0 Å². The molecule has 0 fully saturated rings. The summed E-state index contributed by atoms with van der Waals surface area (Å²) in [4.78, 5) is 28.2. The van der Waals surface area contributed by atoms with Crippen molar-refractivity contribution in [3.8, 4) is 5.75 Å². The van der Waals surface area contributed by atoms with E-state index in [1.165, 1.54) is 29.2 Å². The van der Waals surface area contributed by atoms with E-state index in [1.54, 1.807) is 31.2 Å². The molecule has 3 aromatic rings. The monoisotopic (exact) mass is 649 g/mol. The molecule has 0 spiro atoms. The standard InChI is InChI=1S/C29H33BrClN3O5S/c1-4-17-32-29(36)21(3)33(19-22-7-6-8-23(30)18-22)28(35)20-34(25-11-13-26(14-12-25)39-5-2)40(37,38)27-15-9-24(31)10-16-27/h6-16,18,21H,4-5,17,19-20H2,1-3H3,(H,32,36). The van der Waals surface area contributed by atoms with Crippen molar-refractivity contribution in [3.05, 3.63) is 87.9 Å². The van der Waals surface area contributed by atoms with Crippen molar-refractivity contribution < 1.29 is 22.7 Å². The van der Waals surface area contributed by atoms with Gasteiger partial charge in [-0.25, -0.2) is 8.42 Å². The quantitative estimate of drug-likeness (QED) is 0.258. The van der Waals surface area contributed by atoms with Crippen LogP contribution in [0.4, 0.5) is 5.69 Å². The van der Waals surface area contributed by atoms with Crippen LogP contribution in [0.25, 0.3) is 0 Å². The molecule has 8 nitrogen and oxygen atoms in total. The predicted octanol–water partition coefficient (Wildman–Crippen LogP) is 5.64. The van der Waals surface area contributed by atoms with E-state index < -0.39 is 28.5 Å². The first kappa shape index (κ1) is 31.4. The largest absolute Gasteiger partial charge is 0.494 e. The van der Waals surface area contributed by atoms with Gasteiger partial charge in [-0.2, -0.15) is 0 Å². The van der Waals surface area contributed by atoms with Crippen LogP contribution in [0.2, 0.25) is 5.02 Å². The number of sulfonamides is 1. The van der Waals surface area contributed by atoms with Gasteiger partial charge in [-0.05, 0) is 86.5 Å². The Kier molecular flexibility index (Phi) is 11.4. The first-order valence-electron chi connectivity index (χ1n) is 12.9. The third kappa shape index (κ3) is 8.22. The summed E-state index contributed by atoms with van der Waals surface area (Å²) < 4.78 is 35.1. The zero-order valence-electron chi connectivity index (χ0n) is 22.6. The van der Waals surface area contributed by atoms with Crippen molar-refractivity contribution in [1.82, 2.24) is 10.2 Å². The van der Waals surface area contributed by atoms with E-state index in [0.717, 1.165) is 20.8 Å². The highest BCUT2D eigenvalue weighted by atomic mass is 79.9. The van der Waals surface area contributed by atoms with Crippen LogP contribution in [0.5, 0.6) is 5.75 Å². The lowest BCUT2D eigenvalue weighted by Crippen LogP contribution is -2.51.